The number of carbonyl (C=O) groups excluding carboxylic acids is 1. The van der Waals surface area contributed by atoms with E-state index in [1.807, 2.05) is 13.8 Å². The number of halogens is 3. The maximum atomic E-state index is 14.1. The van der Waals surface area contributed by atoms with Gasteiger partial charge in [0.2, 0.25) is 0 Å². The van der Waals surface area contributed by atoms with Crippen LogP contribution < -0.4 is 4.74 Å². The van der Waals surface area contributed by atoms with Crippen LogP contribution in [0, 0.1) is 12.7 Å². The summed E-state index contributed by atoms with van der Waals surface area (Å²) in [5.74, 6) is -0.380. The summed E-state index contributed by atoms with van der Waals surface area (Å²) < 4.78 is 26.7. The standard InChI is InChI=1S/C22H21Cl2FN2O3/c1-4-29-22(28)20-9-13(2)27(26-20)14(3)18-10-16(23)7-8-21(18)30-12-15-5-6-17(24)11-19(15)25/h5-11,14H,4,12H2,1-3H3. The van der Waals surface area contributed by atoms with E-state index in [0.29, 0.717) is 21.4 Å². The molecule has 0 saturated carbocycles. The van der Waals surface area contributed by atoms with Crippen molar-refractivity contribution in [3.63, 3.8) is 0 Å². The number of hydrogen-bond acceptors (Lipinski definition) is 4. The lowest BCUT2D eigenvalue weighted by Gasteiger charge is -2.19. The Labute approximate surface area is 184 Å². The van der Waals surface area contributed by atoms with Crippen molar-refractivity contribution in [2.75, 3.05) is 6.61 Å². The summed E-state index contributed by atoms with van der Waals surface area (Å²) in [5, 5.41) is 5.23. The number of benzene rings is 2. The Morgan fingerprint density at radius 1 is 1.17 bits per heavy atom. The normalized spacial score (nSPS) is 11.9. The molecule has 0 aliphatic carbocycles. The molecule has 0 amide bonds. The van der Waals surface area contributed by atoms with E-state index in [9.17, 15) is 9.18 Å². The van der Waals surface area contributed by atoms with Crippen molar-refractivity contribution >= 4 is 29.2 Å². The zero-order chi connectivity index (χ0) is 21.8. The molecule has 3 rings (SSSR count). The van der Waals surface area contributed by atoms with Gasteiger partial charge in [-0.25, -0.2) is 9.18 Å². The van der Waals surface area contributed by atoms with Crippen molar-refractivity contribution < 1.29 is 18.7 Å². The van der Waals surface area contributed by atoms with Gasteiger partial charge in [-0.1, -0.05) is 29.3 Å². The molecule has 158 valence electrons. The van der Waals surface area contributed by atoms with Gasteiger partial charge in [0.25, 0.3) is 0 Å². The molecule has 0 spiro atoms. The summed E-state index contributed by atoms with van der Waals surface area (Å²) in [4.78, 5) is 12.0. The molecule has 0 saturated heterocycles. The van der Waals surface area contributed by atoms with Gasteiger partial charge in [0.05, 0.1) is 12.6 Å². The molecule has 30 heavy (non-hydrogen) atoms. The van der Waals surface area contributed by atoms with E-state index in [2.05, 4.69) is 5.10 Å². The average molecular weight is 451 g/mol. The molecule has 0 bridgehead atoms. The second-order valence-electron chi connectivity index (χ2n) is 6.72. The Morgan fingerprint density at radius 3 is 2.57 bits per heavy atom. The molecule has 1 aromatic heterocycles. The van der Waals surface area contributed by atoms with Crippen LogP contribution in [0.2, 0.25) is 10.0 Å². The van der Waals surface area contributed by atoms with Gasteiger partial charge in [-0.2, -0.15) is 5.10 Å². The Kier molecular flexibility index (Phi) is 7.00. The molecule has 5 nitrogen and oxygen atoms in total. The molecule has 1 unspecified atom stereocenters. The lowest BCUT2D eigenvalue weighted by Crippen LogP contribution is -2.13. The molecule has 1 atom stereocenters. The third-order valence-electron chi connectivity index (χ3n) is 4.59. The summed E-state index contributed by atoms with van der Waals surface area (Å²) in [5.41, 5.74) is 2.14. The summed E-state index contributed by atoms with van der Waals surface area (Å²) in [6, 6.07) is 11.0. The van der Waals surface area contributed by atoms with Gasteiger partial charge in [0, 0.05) is 26.9 Å². The number of aromatic nitrogens is 2. The summed E-state index contributed by atoms with van der Waals surface area (Å²) >= 11 is 12.0. The molecule has 0 radical (unpaired) electrons. The monoisotopic (exact) mass is 450 g/mol. The van der Waals surface area contributed by atoms with Gasteiger partial charge in [-0.05, 0) is 57.2 Å². The molecule has 0 N–H and O–H groups in total. The van der Waals surface area contributed by atoms with E-state index in [1.54, 1.807) is 48.0 Å². The van der Waals surface area contributed by atoms with Crippen LogP contribution in [0.15, 0.2) is 42.5 Å². The lowest BCUT2D eigenvalue weighted by atomic mass is 10.1. The number of rotatable bonds is 7. The first-order chi connectivity index (χ1) is 14.3. The zero-order valence-electron chi connectivity index (χ0n) is 16.8. The minimum atomic E-state index is -0.479. The highest BCUT2D eigenvalue weighted by Crippen LogP contribution is 2.32. The highest BCUT2D eigenvalue weighted by Gasteiger charge is 2.21. The molecule has 3 aromatic rings. The van der Waals surface area contributed by atoms with E-state index < -0.39 is 11.8 Å². The van der Waals surface area contributed by atoms with Gasteiger partial charge in [0.15, 0.2) is 5.69 Å². The first kappa shape index (κ1) is 22.1. The molecule has 0 aliphatic rings. The lowest BCUT2D eigenvalue weighted by molar-refractivity contribution is 0.0518. The van der Waals surface area contributed by atoms with Crippen molar-refractivity contribution in [2.45, 2.75) is 33.4 Å². The van der Waals surface area contributed by atoms with Crippen molar-refractivity contribution in [1.82, 2.24) is 9.78 Å². The molecule has 1 heterocycles. The number of carbonyl (C=O) groups is 1. The molecule has 8 heteroatoms. The second-order valence-corrected chi connectivity index (χ2v) is 7.59. The minimum Gasteiger partial charge on any atom is -0.488 e. The van der Waals surface area contributed by atoms with Gasteiger partial charge >= 0.3 is 5.97 Å². The van der Waals surface area contributed by atoms with Crippen LogP contribution in [0.4, 0.5) is 4.39 Å². The quantitative estimate of drug-likeness (QED) is 0.414. The number of nitrogens with zero attached hydrogens (tertiary/aromatic N) is 2. The highest BCUT2D eigenvalue weighted by molar-refractivity contribution is 6.30. The van der Waals surface area contributed by atoms with E-state index in [4.69, 9.17) is 32.7 Å². The molecular formula is C22H21Cl2FN2O3. The average Bonchev–Trinajstić information content (AvgIpc) is 3.09. The number of hydrogen-bond donors (Lipinski definition) is 0. The number of aryl methyl sites for hydroxylation is 1. The summed E-state index contributed by atoms with van der Waals surface area (Å²) in [7, 11) is 0. The smallest absolute Gasteiger partial charge is 0.358 e. The van der Waals surface area contributed by atoms with Gasteiger partial charge in [-0.3, -0.25) is 4.68 Å². The molecule has 0 fully saturated rings. The van der Waals surface area contributed by atoms with Crippen LogP contribution >= 0.6 is 23.2 Å². The highest BCUT2D eigenvalue weighted by atomic mass is 35.5. The molecule has 2 aromatic carbocycles. The first-order valence-corrected chi connectivity index (χ1v) is 10.1. The van der Waals surface area contributed by atoms with E-state index in [0.717, 1.165) is 11.3 Å². The van der Waals surface area contributed by atoms with Crippen molar-refractivity contribution in [3.8, 4) is 5.75 Å². The Morgan fingerprint density at radius 2 is 1.87 bits per heavy atom. The van der Waals surface area contributed by atoms with Crippen LogP contribution in [0.25, 0.3) is 0 Å². The van der Waals surface area contributed by atoms with E-state index >= 15 is 0 Å². The minimum absolute atomic E-state index is 0.0243. The maximum Gasteiger partial charge on any atom is 0.358 e. The van der Waals surface area contributed by atoms with Crippen LogP contribution in [0.3, 0.4) is 0 Å². The first-order valence-electron chi connectivity index (χ1n) is 9.39. The fraction of sp³-hybridized carbons (Fsp3) is 0.273. The van der Waals surface area contributed by atoms with Crippen LogP contribution in [-0.4, -0.2) is 22.4 Å². The SMILES string of the molecule is CCOC(=O)c1cc(C)n(C(C)c2cc(Cl)ccc2OCc2ccc(Cl)cc2F)n1. The topological polar surface area (TPSA) is 53.4 Å². The third-order valence-corrected chi connectivity index (χ3v) is 5.06. The summed E-state index contributed by atoms with van der Waals surface area (Å²) in [6.45, 7) is 5.80. The van der Waals surface area contributed by atoms with Crippen molar-refractivity contribution in [1.29, 1.82) is 0 Å². The fourth-order valence-corrected chi connectivity index (χ4v) is 3.43. The van der Waals surface area contributed by atoms with E-state index in [1.165, 1.54) is 6.07 Å². The number of ether oxygens (including phenoxy) is 2. The second kappa shape index (κ2) is 9.49. The summed E-state index contributed by atoms with van der Waals surface area (Å²) in [6.07, 6.45) is 0. The van der Waals surface area contributed by atoms with Crippen LogP contribution in [-0.2, 0) is 11.3 Å². The molecule has 0 aliphatic heterocycles. The Balaban J connectivity index is 1.88. The van der Waals surface area contributed by atoms with Gasteiger partial charge in [-0.15, -0.1) is 0 Å². The van der Waals surface area contributed by atoms with Gasteiger partial charge in [0.1, 0.15) is 18.2 Å². The van der Waals surface area contributed by atoms with Gasteiger partial charge < -0.3 is 9.47 Å². The predicted molar refractivity (Wildman–Crippen MR) is 114 cm³/mol. The fourth-order valence-electron chi connectivity index (χ4n) is 3.09. The van der Waals surface area contributed by atoms with Crippen LogP contribution in [0.5, 0.6) is 5.75 Å². The largest absolute Gasteiger partial charge is 0.488 e. The Hall–Kier alpha value is -2.57. The van der Waals surface area contributed by atoms with Crippen molar-refractivity contribution in [3.05, 3.63) is 80.8 Å². The van der Waals surface area contributed by atoms with Crippen molar-refractivity contribution in [2.24, 2.45) is 0 Å². The molecular weight excluding hydrogens is 430 g/mol. The Bertz CT molecular complexity index is 1070. The van der Waals surface area contributed by atoms with Crippen LogP contribution in [0.1, 0.15) is 47.2 Å². The predicted octanol–water partition coefficient (Wildman–Crippen LogP) is 6.00. The third kappa shape index (κ3) is 4.94. The number of esters is 1. The maximum absolute atomic E-state index is 14.1. The zero-order valence-corrected chi connectivity index (χ0v) is 18.3. The van der Waals surface area contributed by atoms with E-state index in [-0.39, 0.29) is 24.9 Å².